The molecule has 3 N–H and O–H groups in total. The molecule has 0 radical (unpaired) electrons. The summed E-state index contributed by atoms with van der Waals surface area (Å²) in [7, 11) is 0. The quantitative estimate of drug-likeness (QED) is 0.611. The molecule has 1 saturated carbocycles. The molecule has 1 aliphatic heterocycles. The van der Waals surface area contributed by atoms with Gasteiger partial charge in [-0.3, -0.25) is 4.79 Å². The Hall–Kier alpha value is -2.09. The second-order valence-corrected chi connectivity index (χ2v) is 8.76. The molecule has 2 aromatic rings. The van der Waals surface area contributed by atoms with Crippen molar-refractivity contribution in [2.24, 2.45) is 0 Å². The van der Waals surface area contributed by atoms with Crippen LogP contribution in [0, 0.1) is 11.6 Å². The first-order valence-electron chi connectivity index (χ1n) is 9.16. The zero-order chi connectivity index (χ0) is 21.6. The molecule has 158 valence electrons. The van der Waals surface area contributed by atoms with Gasteiger partial charge in [0.1, 0.15) is 17.7 Å². The number of rotatable bonds is 4. The van der Waals surface area contributed by atoms with Crippen molar-refractivity contribution in [2.45, 2.75) is 30.3 Å². The van der Waals surface area contributed by atoms with E-state index in [9.17, 15) is 18.4 Å². The highest BCUT2D eigenvalue weighted by atomic mass is 35.5. The van der Waals surface area contributed by atoms with Crippen LogP contribution in [-0.4, -0.2) is 24.5 Å². The highest BCUT2D eigenvalue weighted by Crippen LogP contribution is 2.46. The van der Waals surface area contributed by atoms with Gasteiger partial charge in [-0.2, -0.15) is 0 Å². The SMILES string of the molecule is O=C(N[C@@H]1C(=O)NC[C@H]1c1c(F)cc(Cl)cc1F)NC1(c2cc(Cl)cc(Cl)c2)CC1. The molecule has 1 aliphatic carbocycles. The summed E-state index contributed by atoms with van der Waals surface area (Å²) in [5.41, 5.74) is -0.205. The average molecular weight is 475 g/mol. The maximum atomic E-state index is 14.4. The first-order valence-corrected chi connectivity index (χ1v) is 10.3. The Kier molecular flexibility index (Phi) is 5.55. The summed E-state index contributed by atoms with van der Waals surface area (Å²) < 4.78 is 28.7. The van der Waals surface area contributed by atoms with Crippen molar-refractivity contribution in [3.63, 3.8) is 0 Å². The fraction of sp³-hybridized carbons (Fsp3) is 0.300. The second-order valence-electron chi connectivity index (χ2n) is 7.45. The first kappa shape index (κ1) is 21.2. The van der Waals surface area contributed by atoms with Gasteiger partial charge in [0, 0.05) is 33.1 Å². The van der Waals surface area contributed by atoms with Crippen LogP contribution in [0.5, 0.6) is 0 Å². The van der Waals surface area contributed by atoms with E-state index < -0.39 is 41.1 Å². The van der Waals surface area contributed by atoms with Gasteiger partial charge in [0.15, 0.2) is 0 Å². The maximum absolute atomic E-state index is 14.4. The molecule has 0 aromatic heterocycles. The molecule has 0 bridgehead atoms. The summed E-state index contributed by atoms with van der Waals surface area (Å²) in [4.78, 5) is 24.9. The standard InChI is InChI=1S/C20H16Cl3F2N3O2/c21-10-3-9(4-11(22)5-10)20(1-2-20)28-19(30)27-17-13(8-26-18(17)29)16-14(24)6-12(23)7-15(16)25/h3-7,13,17H,1-2,8H2,(H,26,29)(H2,27,28,30)/t13-,17-/m0/s1. The Balaban J connectivity index is 1.53. The molecule has 2 atom stereocenters. The molecular weight excluding hydrogens is 459 g/mol. The van der Waals surface area contributed by atoms with E-state index in [2.05, 4.69) is 16.0 Å². The Morgan fingerprint density at radius 3 is 2.13 bits per heavy atom. The van der Waals surface area contributed by atoms with Gasteiger partial charge in [0.05, 0.1) is 5.54 Å². The van der Waals surface area contributed by atoms with Crippen LogP contribution in [0.2, 0.25) is 15.1 Å². The predicted molar refractivity (Wildman–Crippen MR) is 110 cm³/mol. The molecule has 5 nitrogen and oxygen atoms in total. The van der Waals surface area contributed by atoms with Crippen molar-refractivity contribution in [1.82, 2.24) is 16.0 Å². The molecule has 2 aromatic carbocycles. The van der Waals surface area contributed by atoms with Gasteiger partial charge < -0.3 is 16.0 Å². The van der Waals surface area contributed by atoms with Crippen LogP contribution >= 0.6 is 34.8 Å². The number of carbonyl (C=O) groups excluding carboxylic acids is 2. The van der Waals surface area contributed by atoms with Gasteiger partial charge in [-0.1, -0.05) is 34.8 Å². The van der Waals surface area contributed by atoms with Crippen LogP contribution in [0.3, 0.4) is 0 Å². The van der Waals surface area contributed by atoms with E-state index in [-0.39, 0.29) is 17.1 Å². The van der Waals surface area contributed by atoms with Gasteiger partial charge in [-0.05, 0) is 48.7 Å². The van der Waals surface area contributed by atoms with Crippen LogP contribution in [-0.2, 0) is 10.3 Å². The smallest absolute Gasteiger partial charge is 0.316 e. The van der Waals surface area contributed by atoms with Gasteiger partial charge in [-0.25, -0.2) is 13.6 Å². The Morgan fingerprint density at radius 2 is 1.57 bits per heavy atom. The number of carbonyl (C=O) groups is 2. The van der Waals surface area contributed by atoms with Gasteiger partial charge in [0.25, 0.3) is 0 Å². The summed E-state index contributed by atoms with van der Waals surface area (Å²) in [6.07, 6.45) is 1.33. The van der Waals surface area contributed by atoms with Crippen molar-refractivity contribution < 1.29 is 18.4 Å². The normalized spacial score (nSPS) is 21.8. The lowest BCUT2D eigenvalue weighted by molar-refractivity contribution is -0.120. The van der Waals surface area contributed by atoms with Crippen molar-refractivity contribution in [2.75, 3.05) is 6.54 Å². The van der Waals surface area contributed by atoms with Crippen LogP contribution in [0.4, 0.5) is 13.6 Å². The lowest BCUT2D eigenvalue weighted by Crippen LogP contribution is -2.50. The minimum atomic E-state index is -1.14. The van der Waals surface area contributed by atoms with E-state index in [1.807, 2.05) is 0 Å². The number of halogens is 5. The van der Waals surface area contributed by atoms with Gasteiger partial charge in [-0.15, -0.1) is 0 Å². The van der Waals surface area contributed by atoms with Gasteiger partial charge in [0.2, 0.25) is 5.91 Å². The highest BCUT2D eigenvalue weighted by molar-refractivity contribution is 6.34. The molecule has 2 fully saturated rings. The van der Waals surface area contributed by atoms with Crippen molar-refractivity contribution in [1.29, 1.82) is 0 Å². The van der Waals surface area contributed by atoms with Gasteiger partial charge >= 0.3 is 6.03 Å². The Labute approximate surface area is 186 Å². The van der Waals surface area contributed by atoms with E-state index in [1.54, 1.807) is 18.2 Å². The van der Waals surface area contributed by atoms with Crippen LogP contribution in [0.15, 0.2) is 30.3 Å². The van der Waals surface area contributed by atoms with Crippen molar-refractivity contribution in [3.05, 3.63) is 68.2 Å². The third-order valence-corrected chi connectivity index (χ3v) is 6.05. The fourth-order valence-electron chi connectivity index (χ4n) is 3.80. The summed E-state index contributed by atoms with van der Waals surface area (Å²) in [5, 5.41) is 8.71. The fourth-order valence-corrected chi connectivity index (χ4v) is 4.52. The molecule has 10 heteroatoms. The van der Waals surface area contributed by atoms with E-state index in [4.69, 9.17) is 34.8 Å². The highest BCUT2D eigenvalue weighted by Gasteiger charge is 2.47. The average Bonchev–Trinajstić information content (AvgIpc) is 3.33. The minimum Gasteiger partial charge on any atom is -0.354 e. The second kappa shape index (κ2) is 7.87. The first-order chi connectivity index (χ1) is 14.2. The zero-order valence-electron chi connectivity index (χ0n) is 15.4. The van der Waals surface area contributed by atoms with Crippen LogP contribution in [0.1, 0.15) is 29.9 Å². The number of nitrogens with one attached hydrogen (secondary N) is 3. The Bertz CT molecular complexity index is 1000. The third kappa shape index (κ3) is 4.06. The monoisotopic (exact) mass is 473 g/mol. The molecule has 1 saturated heterocycles. The van der Waals surface area contributed by atoms with Crippen molar-refractivity contribution in [3.8, 4) is 0 Å². The number of hydrogen-bond donors (Lipinski definition) is 3. The topological polar surface area (TPSA) is 70.2 Å². The van der Waals surface area contributed by atoms with E-state index >= 15 is 0 Å². The lowest BCUT2D eigenvalue weighted by atomic mass is 9.93. The molecule has 2 aliphatic rings. The van der Waals surface area contributed by atoms with E-state index in [0.717, 1.165) is 17.7 Å². The maximum Gasteiger partial charge on any atom is 0.316 e. The molecule has 0 spiro atoms. The van der Waals surface area contributed by atoms with Crippen molar-refractivity contribution >= 4 is 46.7 Å². The van der Waals surface area contributed by atoms with Crippen LogP contribution in [0.25, 0.3) is 0 Å². The summed E-state index contributed by atoms with van der Waals surface area (Å²) in [6, 6.07) is 5.18. The summed E-state index contributed by atoms with van der Waals surface area (Å²) in [5.74, 6) is -3.20. The molecule has 4 rings (SSSR count). The largest absolute Gasteiger partial charge is 0.354 e. The van der Waals surface area contributed by atoms with Crippen LogP contribution < -0.4 is 16.0 Å². The minimum absolute atomic E-state index is 0.0195. The number of amides is 3. The molecule has 0 unspecified atom stereocenters. The summed E-state index contributed by atoms with van der Waals surface area (Å²) >= 11 is 17.8. The number of urea groups is 1. The lowest BCUT2D eigenvalue weighted by Gasteiger charge is -2.23. The summed E-state index contributed by atoms with van der Waals surface area (Å²) in [6.45, 7) is -0.0195. The third-order valence-electron chi connectivity index (χ3n) is 5.40. The molecule has 1 heterocycles. The Morgan fingerprint density at radius 1 is 1.00 bits per heavy atom. The molecule has 30 heavy (non-hydrogen) atoms. The number of hydrogen-bond acceptors (Lipinski definition) is 2. The molecular formula is C20H16Cl3F2N3O2. The van der Waals surface area contributed by atoms with E-state index in [0.29, 0.717) is 22.9 Å². The van der Waals surface area contributed by atoms with E-state index in [1.165, 1.54) is 0 Å². The zero-order valence-corrected chi connectivity index (χ0v) is 17.6. The predicted octanol–water partition coefficient (Wildman–Crippen LogP) is 4.50. The number of benzene rings is 2. The molecule has 3 amide bonds.